The van der Waals surface area contributed by atoms with E-state index in [1.54, 1.807) is 12.5 Å². The van der Waals surface area contributed by atoms with Crippen molar-refractivity contribution in [3.05, 3.63) is 11.1 Å². The highest BCUT2D eigenvalue weighted by Crippen LogP contribution is 2.36. The highest BCUT2D eigenvalue weighted by Gasteiger charge is 2.38. The lowest BCUT2D eigenvalue weighted by Crippen LogP contribution is -2.49. The van der Waals surface area contributed by atoms with Gasteiger partial charge in [0.15, 0.2) is 13.4 Å². The molecular weight excluding hydrogens is 504 g/mol. The summed E-state index contributed by atoms with van der Waals surface area (Å²) >= 11 is 1.36. The summed E-state index contributed by atoms with van der Waals surface area (Å²) in [7, 11) is 0.714. The summed E-state index contributed by atoms with van der Waals surface area (Å²) in [6.45, 7) is 12.5. The second kappa shape index (κ2) is 13.4. The summed E-state index contributed by atoms with van der Waals surface area (Å²) in [5.74, 6) is -1.02. The van der Waals surface area contributed by atoms with Crippen LogP contribution in [0.3, 0.4) is 0 Å². The molecule has 1 aliphatic heterocycles. The van der Waals surface area contributed by atoms with E-state index in [1.807, 2.05) is 0 Å². The van der Waals surface area contributed by atoms with Gasteiger partial charge in [0, 0.05) is 31.6 Å². The molecule has 2 rings (SSSR count). The van der Waals surface area contributed by atoms with Crippen molar-refractivity contribution >= 4 is 42.8 Å². The maximum Gasteiger partial charge on any atom is 0.407 e. The van der Waals surface area contributed by atoms with Crippen LogP contribution in [0.5, 0.6) is 0 Å². The molecule has 2 heterocycles. The van der Waals surface area contributed by atoms with E-state index < -0.39 is 32.3 Å². The molecule has 0 radical (unpaired) electrons. The highest BCUT2D eigenvalue weighted by molar-refractivity contribution is 7.13. The van der Waals surface area contributed by atoms with Crippen molar-refractivity contribution < 1.29 is 33.0 Å². The van der Waals surface area contributed by atoms with Crippen molar-refractivity contribution in [3.63, 3.8) is 0 Å². The minimum absolute atomic E-state index is 0.0146. The number of methoxy groups -OCH3 is 2. The summed E-state index contributed by atoms with van der Waals surface area (Å²) in [6, 6.07) is -0.909. The number of hydrogen-bond donors (Lipinski definition) is 2. The first kappa shape index (κ1) is 30.0. The van der Waals surface area contributed by atoms with Gasteiger partial charge in [-0.05, 0) is 31.0 Å². The Morgan fingerprint density at radius 1 is 1.19 bits per heavy atom. The number of ether oxygens (including phenoxy) is 3. The standard InChI is InChI=1S/C23H40N4O7SSi/c1-23(2,3)36(6,7)34-14-17(20(29)32-5)25-19(28)18-15-35-21(26-18)27-10-8-16(9-11-27)24-22(30)33-13-12-31-4/h15-17H,8-14H2,1-7H3,(H,24,30)(H,25,28)/t17-/m0/s1. The molecule has 0 bridgehead atoms. The molecular formula is C23H40N4O7SSi. The maximum atomic E-state index is 12.9. The number of nitrogens with one attached hydrogen (secondary N) is 2. The van der Waals surface area contributed by atoms with Gasteiger partial charge in [0.05, 0.1) is 20.3 Å². The molecule has 1 aromatic heterocycles. The highest BCUT2D eigenvalue weighted by atomic mass is 32.1. The van der Waals surface area contributed by atoms with Crippen LogP contribution in [0.4, 0.5) is 9.93 Å². The number of carbonyl (C=O) groups is 3. The third kappa shape index (κ3) is 8.71. The normalized spacial score (nSPS) is 15.8. The van der Waals surface area contributed by atoms with E-state index in [9.17, 15) is 14.4 Å². The predicted octanol–water partition coefficient (Wildman–Crippen LogP) is 2.78. The Morgan fingerprint density at radius 2 is 1.86 bits per heavy atom. The summed E-state index contributed by atoms with van der Waals surface area (Å²) in [5.41, 5.74) is 0.234. The van der Waals surface area contributed by atoms with E-state index in [2.05, 4.69) is 54.4 Å². The van der Waals surface area contributed by atoms with Crippen LogP contribution < -0.4 is 15.5 Å². The molecule has 1 fully saturated rings. The van der Waals surface area contributed by atoms with Crippen molar-refractivity contribution in [2.45, 2.75) is 63.8 Å². The number of rotatable bonds is 11. The zero-order chi connectivity index (χ0) is 26.9. The lowest BCUT2D eigenvalue weighted by molar-refractivity contribution is -0.143. The minimum Gasteiger partial charge on any atom is -0.467 e. The molecule has 204 valence electrons. The monoisotopic (exact) mass is 544 g/mol. The number of amides is 2. The van der Waals surface area contributed by atoms with Gasteiger partial charge in [-0.1, -0.05) is 20.8 Å². The van der Waals surface area contributed by atoms with Gasteiger partial charge in [-0.15, -0.1) is 11.3 Å². The molecule has 1 aliphatic rings. The van der Waals surface area contributed by atoms with Crippen molar-refractivity contribution in [3.8, 4) is 0 Å². The van der Waals surface area contributed by atoms with Gasteiger partial charge in [0.25, 0.3) is 5.91 Å². The molecule has 0 aromatic carbocycles. The molecule has 0 aliphatic carbocycles. The van der Waals surface area contributed by atoms with Crippen LogP contribution in [-0.4, -0.2) is 90.5 Å². The molecule has 0 saturated carbocycles. The van der Waals surface area contributed by atoms with Gasteiger partial charge < -0.3 is 34.2 Å². The predicted molar refractivity (Wildman–Crippen MR) is 140 cm³/mol. The number of aromatic nitrogens is 1. The third-order valence-electron chi connectivity index (χ3n) is 6.54. The molecule has 13 heteroatoms. The first-order valence-corrected chi connectivity index (χ1v) is 15.8. The Labute approximate surface area is 218 Å². The van der Waals surface area contributed by atoms with Crippen LogP contribution in [0.1, 0.15) is 44.1 Å². The van der Waals surface area contributed by atoms with Crippen molar-refractivity contribution in [2.75, 3.05) is 52.0 Å². The van der Waals surface area contributed by atoms with Crippen molar-refractivity contribution in [2.24, 2.45) is 0 Å². The zero-order valence-electron chi connectivity index (χ0n) is 22.3. The molecule has 11 nitrogen and oxygen atoms in total. The zero-order valence-corrected chi connectivity index (χ0v) is 24.2. The molecule has 36 heavy (non-hydrogen) atoms. The maximum absolute atomic E-state index is 12.9. The Kier molecular flexibility index (Phi) is 11.1. The third-order valence-corrected chi connectivity index (χ3v) is 11.9. The van der Waals surface area contributed by atoms with Crippen LogP contribution in [0.15, 0.2) is 5.38 Å². The molecule has 1 atom stereocenters. The van der Waals surface area contributed by atoms with E-state index in [0.717, 1.165) is 12.8 Å². The van der Waals surface area contributed by atoms with Crippen LogP contribution in [0.2, 0.25) is 18.1 Å². The largest absolute Gasteiger partial charge is 0.467 e. The number of carbonyl (C=O) groups excluding carboxylic acids is 3. The van der Waals surface area contributed by atoms with Gasteiger partial charge in [-0.3, -0.25) is 4.79 Å². The van der Waals surface area contributed by atoms with Crippen molar-refractivity contribution in [1.82, 2.24) is 15.6 Å². The topological polar surface area (TPSA) is 128 Å². The van der Waals surface area contributed by atoms with E-state index in [4.69, 9.17) is 18.6 Å². The smallest absolute Gasteiger partial charge is 0.407 e. The summed E-state index contributed by atoms with van der Waals surface area (Å²) in [6.07, 6.45) is 1.02. The fourth-order valence-electron chi connectivity index (χ4n) is 3.21. The van der Waals surface area contributed by atoms with Gasteiger partial charge in [0.2, 0.25) is 0 Å². The molecule has 2 amide bonds. The number of hydrogen-bond acceptors (Lipinski definition) is 10. The van der Waals surface area contributed by atoms with Crippen LogP contribution in [0, 0.1) is 0 Å². The average molecular weight is 545 g/mol. The fourth-order valence-corrected chi connectivity index (χ4v) is 5.08. The van der Waals surface area contributed by atoms with Crippen molar-refractivity contribution in [1.29, 1.82) is 0 Å². The Balaban J connectivity index is 1.90. The number of alkyl carbamates (subject to hydrolysis) is 1. The van der Waals surface area contributed by atoms with Gasteiger partial charge in [-0.2, -0.15) is 0 Å². The number of thiazole rings is 1. The molecule has 0 unspecified atom stereocenters. The molecule has 1 saturated heterocycles. The fraction of sp³-hybridized carbons (Fsp3) is 0.739. The van der Waals surface area contributed by atoms with Gasteiger partial charge in [-0.25, -0.2) is 14.6 Å². The first-order chi connectivity index (χ1) is 16.9. The van der Waals surface area contributed by atoms with Crippen LogP contribution in [-0.2, 0) is 23.4 Å². The number of esters is 1. The lowest BCUT2D eigenvalue weighted by atomic mass is 10.1. The number of nitrogens with zero attached hydrogens (tertiary/aromatic N) is 2. The molecule has 1 aromatic rings. The lowest BCUT2D eigenvalue weighted by Gasteiger charge is -2.37. The Bertz CT molecular complexity index is 882. The molecule has 2 N–H and O–H groups in total. The molecule has 0 spiro atoms. The van der Waals surface area contributed by atoms with Crippen LogP contribution in [0.25, 0.3) is 0 Å². The van der Waals surface area contributed by atoms with E-state index in [0.29, 0.717) is 24.8 Å². The van der Waals surface area contributed by atoms with Gasteiger partial charge in [0.1, 0.15) is 18.3 Å². The van der Waals surface area contributed by atoms with E-state index in [1.165, 1.54) is 18.4 Å². The quantitative estimate of drug-likeness (QED) is 0.245. The Morgan fingerprint density at radius 3 is 2.44 bits per heavy atom. The Hall–Kier alpha value is -2.22. The van der Waals surface area contributed by atoms with E-state index >= 15 is 0 Å². The van der Waals surface area contributed by atoms with Gasteiger partial charge >= 0.3 is 12.1 Å². The summed E-state index contributed by atoms with van der Waals surface area (Å²) in [5, 5.41) is 7.93. The number of anilines is 1. The van der Waals surface area contributed by atoms with E-state index in [-0.39, 0.29) is 30.0 Å². The minimum atomic E-state index is -2.12. The second-order valence-electron chi connectivity index (χ2n) is 10.2. The number of piperidine rings is 1. The average Bonchev–Trinajstić information content (AvgIpc) is 3.31. The van der Waals surface area contributed by atoms with Crippen LogP contribution >= 0.6 is 11.3 Å². The first-order valence-electron chi connectivity index (χ1n) is 12.0. The second-order valence-corrected chi connectivity index (χ2v) is 15.8. The SMILES string of the molecule is COCCOC(=O)NC1CCN(c2nc(C(=O)N[C@@H](CO[Si](C)(C)C(C)(C)C)C(=O)OC)cs2)CC1. The summed E-state index contributed by atoms with van der Waals surface area (Å²) < 4.78 is 20.9. The summed E-state index contributed by atoms with van der Waals surface area (Å²) in [4.78, 5) is 43.6.